The average molecular weight is 625 g/mol. The summed E-state index contributed by atoms with van der Waals surface area (Å²) in [6.07, 6.45) is 9.79. The van der Waals surface area contributed by atoms with Crippen LogP contribution in [-0.2, 0) is 6.42 Å². The Hall–Kier alpha value is -5.88. The highest BCUT2D eigenvalue weighted by Crippen LogP contribution is 2.37. The minimum Gasteiger partial charge on any atom is -0.264 e. The van der Waals surface area contributed by atoms with E-state index in [0.717, 1.165) is 34.4 Å². The molecular formula is C42H36N6. The van der Waals surface area contributed by atoms with E-state index in [2.05, 4.69) is 98.3 Å². The molecule has 0 bridgehead atoms. The molecule has 234 valence electrons. The predicted octanol–water partition coefficient (Wildman–Crippen LogP) is 9.87. The lowest BCUT2D eigenvalue weighted by Gasteiger charge is -2.18. The number of aryl methyl sites for hydroxylation is 2. The Morgan fingerprint density at radius 3 is 1.62 bits per heavy atom. The van der Waals surface area contributed by atoms with Gasteiger partial charge in [0.15, 0.2) is 17.5 Å². The largest absolute Gasteiger partial charge is 0.264 e. The molecule has 6 nitrogen and oxygen atoms in total. The summed E-state index contributed by atoms with van der Waals surface area (Å²) < 4.78 is 0. The van der Waals surface area contributed by atoms with E-state index in [1.54, 1.807) is 24.8 Å². The van der Waals surface area contributed by atoms with Gasteiger partial charge in [-0.25, -0.2) is 15.0 Å². The van der Waals surface area contributed by atoms with Crippen LogP contribution in [0, 0.1) is 19.8 Å². The second kappa shape index (κ2) is 13.5. The number of hydrogen-bond donors (Lipinski definition) is 0. The van der Waals surface area contributed by atoms with E-state index < -0.39 is 0 Å². The third-order valence-corrected chi connectivity index (χ3v) is 8.28. The Labute approximate surface area is 281 Å². The normalized spacial score (nSPS) is 11.2. The molecule has 0 aliphatic carbocycles. The molecule has 0 aliphatic heterocycles. The molecule has 0 saturated carbocycles. The highest BCUT2D eigenvalue weighted by atomic mass is 15.0. The van der Waals surface area contributed by atoms with Gasteiger partial charge in [0.2, 0.25) is 0 Å². The van der Waals surface area contributed by atoms with E-state index in [1.807, 2.05) is 42.6 Å². The lowest BCUT2D eigenvalue weighted by Crippen LogP contribution is -2.01. The van der Waals surface area contributed by atoms with E-state index in [4.69, 9.17) is 19.9 Å². The first kappa shape index (κ1) is 30.8. The highest BCUT2D eigenvalue weighted by molar-refractivity contribution is 5.86. The standard InChI is InChI=1S/C42H36N6/c1-27(2)19-34-23-30(13-15-37(34)38-12-6-5-11-36(38)35-21-28(3)20-29(4)22-35)39-16-14-33(26-45-39)42-47-40(31-9-7-17-43-24-31)46-41(48-42)32-10-8-18-44-25-32/h5-18,20-27H,19H2,1-4H3. The van der Waals surface area contributed by atoms with Crippen molar-refractivity contribution in [3.05, 3.63) is 145 Å². The summed E-state index contributed by atoms with van der Waals surface area (Å²) in [5.74, 6) is 2.13. The second-order valence-electron chi connectivity index (χ2n) is 12.6. The molecular weight excluding hydrogens is 589 g/mol. The third-order valence-electron chi connectivity index (χ3n) is 8.28. The zero-order valence-electron chi connectivity index (χ0n) is 27.6. The maximum Gasteiger partial charge on any atom is 0.165 e. The van der Waals surface area contributed by atoms with Crippen molar-refractivity contribution in [3.63, 3.8) is 0 Å². The summed E-state index contributed by atoms with van der Waals surface area (Å²) in [7, 11) is 0. The molecule has 4 aromatic heterocycles. The third kappa shape index (κ3) is 6.65. The van der Waals surface area contributed by atoms with Gasteiger partial charge in [0.1, 0.15) is 0 Å². The molecule has 0 unspecified atom stereocenters. The monoisotopic (exact) mass is 624 g/mol. The number of hydrogen-bond acceptors (Lipinski definition) is 6. The molecule has 0 radical (unpaired) electrons. The zero-order valence-corrected chi connectivity index (χ0v) is 27.6. The Morgan fingerprint density at radius 2 is 1.08 bits per heavy atom. The van der Waals surface area contributed by atoms with Gasteiger partial charge in [-0.2, -0.15) is 0 Å². The highest BCUT2D eigenvalue weighted by Gasteiger charge is 2.16. The fraction of sp³-hybridized carbons (Fsp3) is 0.143. The van der Waals surface area contributed by atoms with Crippen molar-refractivity contribution < 1.29 is 0 Å². The van der Waals surface area contributed by atoms with E-state index >= 15 is 0 Å². The predicted molar refractivity (Wildman–Crippen MR) is 194 cm³/mol. The molecule has 0 aliphatic rings. The summed E-state index contributed by atoms with van der Waals surface area (Å²) in [4.78, 5) is 27.8. The van der Waals surface area contributed by atoms with Crippen molar-refractivity contribution in [2.45, 2.75) is 34.1 Å². The quantitative estimate of drug-likeness (QED) is 0.167. The van der Waals surface area contributed by atoms with Crippen LogP contribution in [0.1, 0.15) is 30.5 Å². The Morgan fingerprint density at radius 1 is 0.500 bits per heavy atom. The number of pyridine rings is 3. The lowest BCUT2D eigenvalue weighted by atomic mass is 9.87. The molecule has 0 atom stereocenters. The number of rotatable bonds is 8. The van der Waals surface area contributed by atoms with Gasteiger partial charge >= 0.3 is 0 Å². The van der Waals surface area contributed by atoms with Crippen LogP contribution in [0.2, 0.25) is 0 Å². The summed E-state index contributed by atoms with van der Waals surface area (Å²) in [6, 6.07) is 34.0. The van der Waals surface area contributed by atoms with Gasteiger partial charge in [-0.1, -0.05) is 79.6 Å². The Balaban J connectivity index is 1.26. The van der Waals surface area contributed by atoms with Crippen LogP contribution < -0.4 is 0 Å². The van der Waals surface area contributed by atoms with E-state index in [0.29, 0.717) is 23.4 Å². The first-order chi connectivity index (χ1) is 23.4. The zero-order chi connectivity index (χ0) is 33.0. The van der Waals surface area contributed by atoms with E-state index in [9.17, 15) is 0 Å². The van der Waals surface area contributed by atoms with Crippen LogP contribution >= 0.6 is 0 Å². The number of aromatic nitrogens is 6. The minimum atomic E-state index is 0.495. The van der Waals surface area contributed by atoms with Gasteiger partial charge in [0.05, 0.1) is 5.69 Å². The summed E-state index contributed by atoms with van der Waals surface area (Å²) in [6.45, 7) is 8.87. The van der Waals surface area contributed by atoms with Crippen molar-refractivity contribution >= 4 is 0 Å². The maximum absolute atomic E-state index is 4.91. The fourth-order valence-corrected chi connectivity index (χ4v) is 6.17. The topological polar surface area (TPSA) is 77.3 Å². The van der Waals surface area contributed by atoms with Crippen molar-refractivity contribution in [2.24, 2.45) is 5.92 Å². The molecule has 0 fully saturated rings. The van der Waals surface area contributed by atoms with Gasteiger partial charge in [-0.15, -0.1) is 0 Å². The van der Waals surface area contributed by atoms with E-state index in [1.165, 1.54) is 38.9 Å². The Bertz CT molecular complexity index is 2120. The first-order valence-corrected chi connectivity index (χ1v) is 16.3. The number of nitrogens with zero attached hydrogens (tertiary/aromatic N) is 6. The SMILES string of the molecule is Cc1cc(C)cc(-c2ccccc2-c2ccc(-c3ccc(-c4nc(-c5cccnc5)nc(-c5cccnc5)n4)cn3)cc2CC(C)C)c1. The molecule has 7 aromatic rings. The smallest absolute Gasteiger partial charge is 0.165 e. The van der Waals surface area contributed by atoms with Gasteiger partial charge < -0.3 is 0 Å². The van der Waals surface area contributed by atoms with Crippen molar-refractivity contribution in [3.8, 4) is 67.7 Å². The van der Waals surface area contributed by atoms with Gasteiger partial charge in [0.25, 0.3) is 0 Å². The first-order valence-electron chi connectivity index (χ1n) is 16.3. The molecule has 0 spiro atoms. The molecule has 7 rings (SSSR count). The Kier molecular flexibility index (Phi) is 8.63. The lowest BCUT2D eigenvalue weighted by molar-refractivity contribution is 0.648. The average Bonchev–Trinajstić information content (AvgIpc) is 3.11. The van der Waals surface area contributed by atoms with Crippen molar-refractivity contribution in [1.82, 2.24) is 29.9 Å². The molecule has 6 heteroatoms. The van der Waals surface area contributed by atoms with Crippen LogP contribution in [0.3, 0.4) is 0 Å². The summed E-state index contributed by atoms with van der Waals surface area (Å²) in [5.41, 5.74) is 13.3. The molecule has 48 heavy (non-hydrogen) atoms. The van der Waals surface area contributed by atoms with Crippen molar-refractivity contribution in [2.75, 3.05) is 0 Å². The second-order valence-corrected chi connectivity index (χ2v) is 12.6. The van der Waals surface area contributed by atoms with Crippen LogP contribution in [0.4, 0.5) is 0 Å². The fourth-order valence-electron chi connectivity index (χ4n) is 6.17. The molecule has 0 N–H and O–H groups in total. The van der Waals surface area contributed by atoms with Gasteiger partial charge in [-0.3, -0.25) is 15.0 Å². The van der Waals surface area contributed by atoms with Crippen LogP contribution in [0.25, 0.3) is 67.7 Å². The molecule has 4 heterocycles. The number of benzene rings is 3. The maximum atomic E-state index is 4.91. The minimum absolute atomic E-state index is 0.495. The molecule has 0 saturated heterocycles. The van der Waals surface area contributed by atoms with E-state index in [-0.39, 0.29) is 0 Å². The van der Waals surface area contributed by atoms with Gasteiger partial charge in [0, 0.05) is 53.2 Å². The summed E-state index contributed by atoms with van der Waals surface area (Å²) >= 11 is 0. The van der Waals surface area contributed by atoms with Crippen molar-refractivity contribution in [1.29, 1.82) is 0 Å². The van der Waals surface area contributed by atoms with Gasteiger partial charge in [-0.05, 0) is 96.5 Å². The van der Waals surface area contributed by atoms with Crippen LogP contribution in [0.5, 0.6) is 0 Å². The van der Waals surface area contributed by atoms with Crippen LogP contribution in [-0.4, -0.2) is 29.9 Å². The van der Waals surface area contributed by atoms with Crippen LogP contribution in [0.15, 0.2) is 128 Å². The molecule has 0 amide bonds. The summed E-state index contributed by atoms with van der Waals surface area (Å²) in [5, 5.41) is 0. The molecule has 3 aromatic carbocycles.